The minimum atomic E-state index is -0.535. The van der Waals surface area contributed by atoms with Gasteiger partial charge in [0.05, 0.1) is 19.3 Å². The molecule has 0 aliphatic rings. The lowest BCUT2D eigenvalue weighted by Gasteiger charge is -2.22. The average Bonchev–Trinajstić information content (AvgIpc) is 2.40. The first-order valence-corrected chi connectivity index (χ1v) is 6.65. The van der Waals surface area contributed by atoms with Crippen LogP contribution in [0, 0.1) is 11.3 Å². The first kappa shape index (κ1) is 15.3. The van der Waals surface area contributed by atoms with Crippen molar-refractivity contribution in [3.05, 3.63) is 24.3 Å². The molecule has 0 bridgehead atoms. The number of rotatable bonds is 8. The summed E-state index contributed by atoms with van der Waals surface area (Å²) in [5, 5.41) is 12.3. The molecule has 1 aromatic rings. The number of ether oxygens (including phenoxy) is 2. The van der Waals surface area contributed by atoms with Crippen molar-refractivity contribution in [2.24, 2.45) is 0 Å². The van der Waals surface area contributed by atoms with Gasteiger partial charge in [-0.15, -0.1) is 0 Å². The molecule has 104 valence electrons. The Hall–Kier alpha value is -1.73. The standard InChI is InChI=1S/C15H22N2O2/c1-4-17-15(3,12-16)9-10-19-14-8-6-7-13(11-14)18-5-2/h6-8,11,17H,4-5,9-10H2,1-3H3. The van der Waals surface area contributed by atoms with Crippen LogP contribution in [-0.4, -0.2) is 25.3 Å². The normalized spacial score (nSPS) is 13.4. The molecule has 0 saturated carbocycles. The Labute approximate surface area is 115 Å². The van der Waals surface area contributed by atoms with E-state index in [0.717, 1.165) is 18.0 Å². The highest BCUT2D eigenvalue weighted by molar-refractivity contribution is 5.32. The third-order valence-electron chi connectivity index (χ3n) is 2.80. The minimum absolute atomic E-state index is 0.493. The molecule has 1 N–H and O–H groups in total. The number of nitrogens with zero attached hydrogens (tertiary/aromatic N) is 1. The highest BCUT2D eigenvalue weighted by atomic mass is 16.5. The number of hydrogen-bond acceptors (Lipinski definition) is 4. The minimum Gasteiger partial charge on any atom is -0.494 e. The van der Waals surface area contributed by atoms with Crippen LogP contribution < -0.4 is 14.8 Å². The molecule has 0 aliphatic carbocycles. The summed E-state index contributed by atoms with van der Waals surface area (Å²) < 4.78 is 11.1. The smallest absolute Gasteiger partial charge is 0.122 e. The van der Waals surface area contributed by atoms with Gasteiger partial charge in [0.15, 0.2) is 0 Å². The van der Waals surface area contributed by atoms with Crippen molar-refractivity contribution >= 4 is 0 Å². The molecule has 19 heavy (non-hydrogen) atoms. The number of nitriles is 1. The van der Waals surface area contributed by atoms with Gasteiger partial charge >= 0.3 is 0 Å². The maximum Gasteiger partial charge on any atom is 0.122 e. The van der Waals surface area contributed by atoms with Gasteiger partial charge in [-0.1, -0.05) is 13.0 Å². The van der Waals surface area contributed by atoms with Crippen molar-refractivity contribution in [1.29, 1.82) is 5.26 Å². The molecule has 1 aromatic carbocycles. The van der Waals surface area contributed by atoms with Crippen LogP contribution in [0.15, 0.2) is 24.3 Å². The second-order valence-electron chi connectivity index (χ2n) is 4.48. The fourth-order valence-corrected chi connectivity index (χ4v) is 1.77. The summed E-state index contributed by atoms with van der Waals surface area (Å²) >= 11 is 0. The van der Waals surface area contributed by atoms with Crippen molar-refractivity contribution in [3.63, 3.8) is 0 Å². The Morgan fingerprint density at radius 1 is 1.26 bits per heavy atom. The van der Waals surface area contributed by atoms with E-state index < -0.39 is 5.54 Å². The Bertz CT molecular complexity index is 428. The molecule has 1 unspecified atom stereocenters. The summed E-state index contributed by atoms with van der Waals surface area (Å²) in [4.78, 5) is 0. The molecule has 4 nitrogen and oxygen atoms in total. The zero-order chi connectivity index (χ0) is 14.1. The van der Waals surface area contributed by atoms with Crippen molar-refractivity contribution in [3.8, 4) is 17.6 Å². The fourth-order valence-electron chi connectivity index (χ4n) is 1.77. The van der Waals surface area contributed by atoms with Crippen molar-refractivity contribution < 1.29 is 9.47 Å². The van der Waals surface area contributed by atoms with Gasteiger partial charge in [0.2, 0.25) is 0 Å². The van der Waals surface area contributed by atoms with Crippen LogP contribution in [0.1, 0.15) is 27.2 Å². The molecule has 0 spiro atoms. The van der Waals surface area contributed by atoms with Crippen molar-refractivity contribution in [2.75, 3.05) is 19.8 Å². The second-order valence-corrected chi connectivity index (χ2v) is 4.48. The molecular formula is C15H22N2O2. The van der Waals surface area contributed by atoms with E-state index in [4.69, 9.17) is 14.7 Å². The van der Waals surface area contributed by atoms with Crippen molar-refractivity contribution in [1.82, 2.24) is 5.32 Å². The molecule has 1 atom stereocenters. The SMILES string of the molecule is CCNC(C)(C#N)CCOc1cccc(OCC)c1. The second kappa shape index (κ2) is 7.65. The maximum absolute atomic E-state index is 9.14. The van der Waals surface area contributed by atoms with E-state index in [-0.39, 0.29) is 0 Å². The lowest BCUT2D eigenvalue weighted by atomic mass is 10.0. The molecule has 4 heteroatoms. The first-order chi connectivity index (χ1) is 9.13. The van der Waals surface area contributed by atoms with E-state index >= 15 is 0 Å². The van der Waals surface area contributed by atoms with E-state index in [1.54, 1.807) is 0 Å². The number of nitrogens with one attached hydrogen (secondary N) is 1. The van der Waals surface area contributed by atoms with Gasteiger partial charge in [-0.3, -0.25) is 5.32 Å². The van der Waals surface area contributed by atoms with Crippen LogP contribution in [-0.2, 0) is 0 Å². The van der Waals surface area contributed by atoms with Gasteiger partial charge in [-0.2, -0.15) is 5.26 Å². The van der Waals surface area contributed by atoms with Gasteiger partial charge < -0.3 is 9.47 Å². The molecule has 0 radical (unpaired) electrons. The van der Waals surface area contributed by atoms with Crippen LogP contribution >= 0.6 is 0 Å². The highest BCUT2D eigenvalue weighted by Crippen LogP contribution is 2.20. The van der Waals surface area contributed by atoms with E-state index in [1.165, 1.54) is 0 Å². The zero-order valence-corrected chi connectivity index (χ0v) is 11.9. The van der Waals surface area contributed by atoms with Gasteiger partial charge in [0.1, 0.15) is 17.0 Å². The summed E-state index contributed by atoms with van der Waals surface area (Å²) in [6.07, 6.45) is 0.635. The topological polar surface area (TPSA) is 54.3 Å². The summed E-state index contributed by atoms with van der Waals surface area (Å²) in [5.74, 6) is 1.57. The van der Waals surface area contributed by atoms with Crippen LogP contribution in [0.4, 0.5) is 0 Å². The molecule has 0 saturated heterocycles. The molecule has 0 fully saturated rings. The highest BCUT2D eigenvalue weighted by Gasteiger charge is 2.21. The maximum atomic E-state index is 9.14. The Morgan fingerprint density at radius 3 is 2.53 bits per heavy atom. The van der Waals surface area contributed by atoms with E-state index in [9.17, 15) is 0 Å². The Kier molecular flexibility index (Phi) is 6.17. The van der Waals surface area contributed by atoms with Gasteiger partial charge in [0, 0.05) is 12.5 Å². The van der Waals surface area contributed by atoms with Crippen LogP contribution in [0.3, 0.4) is 0 Å². The van der Waals surface area contributed by atoms with Crippen molar-refractivity contribution in [2.45, 2.75) is 32.7 Å². The Morgan fingerprint density at radius 2 is 1.95 bits per heavy atom. The summed E-state index contributed by atoms with van der Waals surface area (Å²) in [6.45, 7) is 7.72. The molecule has 0 heterocycles. The third kappa shape index (κ3) is 5.19. The van der Waals surface area contributed by atoms with Crippen LogP contribution in [0.5, 0.6) is 11.5 Å². The fraction of sp³-hybridized carbons (Fsp3) is 0.533. The van der Waals surface area contributed by atoms with Gasteiger partial charge in [-0.25, -0.2) is 0 Å². The summed E-state index contributed by atoms with van der Waals surface area (Å²) in [5.41, 5.74) is -0.535. The third-order valence-corrected chi connectivity index (χ3v) is 2.80. The predicted molar refractivity (Wildman–Crippen MR) is 75.4 cm³/mol. The predicted octanol–water partition coefficient (Wildman–Crippen LogP) is 2.75. The lowest BCUT2D eigenvalue weighted by molar-refractivity contribution is 0.266. The first-order valence-electron chi connectivity index (χ1n) is 6.65. The quantitative estimate of drug-likeness (QED) is 0.782. The number of benzene rings is 1. The van der Waals surface area contributed by atoms with E-state index in [0.29, 0.717) is 19.6 Å². The zero-order valence-electron chi connectivity index (χ0n) is 11.9. The molecule has 0 aliphatic heterocycles. The molecule has 0 aromatic heterocycles. The Balaban J connectivity index is 2.48. The van der Waals surface area contributed by atoms with Crippen LogP contribution in [0.25, 0.3) is 0 Å². The molecule has 1 rings (SSSR count). The summed E-state index contributed by atoms with van der Waals surface area (Å²) in [6, 6.07) is 9.83. The van der Waals surface area contributed by atoms with Crippen LogP contribution in [0.2, 0.25) is 0 Å². The largest absolute Gasteiger partial charge is 0.494 e. The number of hydrogen-bond donors (Lipinski definition) is 1. The lowest BCUT2D eigenvalue weighted by Crippen LogP contribution is -2.42. The van der Waals surface area contributed by atoms with E-state index in [1.807, 2.05) is 45.0 Å². The average molecular weight is 262 g/mol. The van der Waals surface area contributed by atoms with Gasteiger partial charge in [-0.05, 0) is 32.5 Å². The summed E-state index contributed by atoms with van der Waals surface area (Å²) in [7, 11) is 0. The molecular weight excluding hydrogens is 240 g/mol. The molecule has 0 amide bonds. The monoisotopic (exact) mass is 262 g/mol. The van der Waals surface area contributed by atoms with E-state index in [2.05, 4.69) is 11.4 Å². The van der Waals surface area contributed by atoms with Gasteiger partial charge in [0.25, 0.3) is 0 Å².